The molecule has 26 heavy (non-hydrogen) atoms. The number of amides is 3. The molecule has 1 heterocycles. The maximum atomic E-state index is 11.9. The summed E-state index contributed by atoms with van der Waals surface area (Å²) < 4.78 is 5.96. The monoisotopic (exact) mass is 376 g/mol. The van der Waals surface area contributed by atoms with Crippen molar-refractivity contribution in [3.8, 4) is 0 Å². The summed E-state index contributed by atoms with van der Waals surface area (Å²) in [7, 11) is 0. The van der Waals surface area contributed by atoms with Gasteiger partial charge in [0.05, 0.1) is 5.75 Å². The van der Waals surface area contributed by atoms with Crippen LogP contribution in [0.15, 0.2) is 9.64 Å². The summed E-state index contributed by atoms with van der Waals surface area (Å²) in [5.41, 5.74) is 0.0764. The molecule has 0 unspecified atom stereocenters. The molecule has 3 amide bonds. The van der Waals surface area contributed by atoms with Crippen molar-refractivity contribution in [1.29, 1.82) is 0 Å². The van der Waals surface area contributed by atoms with Crippen LogP contribution in [0.5, 0.6) is 0 Å². The highest BCUT2D eigenvalue weighted by molar-refractivity contribution is 7.99. The molecule has 5 fully saturated rings. The Labute approximate surface area is 156 Å². The normalized spacial score (nSPS) is 34.7. The Hall–Kier alpha value is -1.57. The fourth-order valence-electron chi connectivity index (χ4n) is 5.59. The summed E-state index contributed by atoms with van der Waals surface area (Å²) in [5.74, 6) is 2.98. The second-order valence-electron chi connectivity index (χ2n) is 8.66. The van der Waals surface area contributed by atoms with Crippen LogP contribution in [0.4, 0.5) is 4.79 Å². The number of rotatable bonds is 5. The number of imide groups is 1. The Bertz CT molecular complexity index is 694. The van der Waals surface area contributed by atoms with Gasteiger partial charge < -0.3 is 9.73 Å². The molecule has 2 N–H and O–H groups in total. The predicted molar refractivity (Wildman–Crippen MR) is 94.6 cm³/mol. The van der Waals surface area contributed by atoms with Crippen LogP contribution in [0.25, 0.3) is 0 Å². The van der Waals surface area contributed by atoms with E-state index in [1.807, 2.05) is 0 Å². The molecule has 4 bridgehead atoms. The largest absolute Gasteiger partial charge is 0.415 e. The van der Waals surface area contributed by atoms with E-state index in [2.05, 4.69) is 20.8 Å². The molecule has 7 nitrogen and oxygen atoms in total. The number of carbonyl (C=O) groups excluding carboxylic acids is 2. The van der Waals surface area contributed by atoms with Gasteiger partial charge in [0.1, 0.15) is 0 Å². The van der Waals surface area contributed by atoms with E-state index in [1.165, 1.54) is 50.3 Å². The van der Waals surface area contributed by atoms with Gasteiger partial charge in [0.2, 0.25) is 11.8 Å². The molecule has 0 aromatic carbocycles. The van der Waals surface area contributed by atoms with Gasteiger partial charge in [-0.05, 0) is 69.1 Å². The smallest absolute Gasteiger partial charge is 0.321 e. The number of thioether (sulfide) groups is 1. The quantitative estimate of drug-likeness (QED) is 0.767. The Kier molecular flexibility index (Phi) is 3.99. The molecule has 140 valence electrons. The SMILES string of the molecule is O=C(CSc1nnc(C23CC4CC(CC(C4)C2)C3)o1)NC(=O)NC1CC1. The van der Waals surface area contributed by atoms with E-state index < -0.39 is 6.03 Å². The van der Waals surface area contributed by atoms with Gasteiger partial charge in [-0.3, -0.25) is 10.1 Å². The molecule has 8 heteroatoms. The van der Waals surface area contributed by atoms with Crippen molar-refractivity contribution in [2.24, 2.45) is 17.8 Å². The van der Waals surface area contributed by atoms with Crippen molar-refractivity contribution in [3.05, 3.63) is 5.89 Å². The van der Waals surface area contributed by atoms with Gasteiger partial charge in [-0.2, -0.15) is 0 Å². The minimum atomic E-state index is -0.419. The van der Waals surface area contributed by atoms with E-state index in [1.54, 1.807) is 0 Å². The molecule has 0 atom stereocenters. The molecule has 0 radical (unpaired) electrons. The summed E-state index contributed by atoms with van der Waals surface area (Å²) in [4.78, 5) is 23.4. The van der Waals surface area contributed by atoms with Crippen molar-refractivity contribution in [2.75, 3.05) is 5.75 Å². The second-order valence-corrected chi connectivity index (χ2v) is 9.58. The van der Waals surface area contributed by atoms with E-state index in [4.69, 9.17) is 4.42 Å². The van der Waals surface area contributed by atoms with Crippen LogP contribution >= 0.6 is 11.8 Å². The lowest BCUT2D eigenvalue weighted by Crippen LogP contribution is -2.48. The van der Waals surface area contributed by atoms with Crippen LogP contribution in [-0.4, -0.2) is 33.9 Å². The number of hydrogen-bond donors (Lipinski definition) is 2. The number of nitrogens with one attached hydrogen (secondary N) is 2. The zero-order valence-corrected chi connectivity index (χ0v) is 15.5. The molecular formula is C18H24N4O3S. The number of urea groups is 1. The third-order valence-corrected chi connectivity index (χ3v) is 7.21. The summed E-state index contributed by atoms with van der Waals surface area (Å²) >= 11 is 1.20. The first kappa shape index (κ1) is 16.6. The highest BCUT2D eigenvalue weighted by Crippen LogP contribution is 2.60. The third kappa shape index (κ3) is 3.23. The second kappa shape index (κ2) is 6.25. The maximum absolute atomic E-state index is 11.9. The fraction of sp³-hybridized carbons (Fsp3) is 0.778. The third-order valence-electron chi connectivity index (χ3n) is 6.39. The Balaban J connectivity index is 1.18. The zero-order chi connectivity index (χ0) is 17.7. The topological polar surface area (TPSA) is 97.1 Å². The summed E-state index contributed by atoms with van der Waals surface area (Å²) in [6, 6.07) is -0.188. The Morgan fingerprint density at radius 1 is 1.08 bits per heavy atom. The van der Waals surface area contributed by atoms with Gasteiger partial charge in [-0.25, -0.2) is 4.79 Å². The fourth-order valence-corrected chi connectivity index (χ4v) is 6.16. The van der Waals surface area contributed by atoms with E-state index in [9.17, 15) is 9.59 Å². The van der Waals surface area contributed by atoms with Gasteiger partial charge in [-0.1, -0.05) is 11.8 Å². The van der Waals surface area contributed by atoms with Crippen LogP contribution in [0.1, 0.15) is 57.3 Å². The first-order valence-corrected chi connectivity index (χ1v) is 10.6. The highest BCUT2D eigenvalue weighted by Gasteiger charge is 2.54. The maximum Gasteiger partial charge on any atom is 0.321 e. The number of hydrogen-bond acceptors (Lipinski definition) is 6. The lowest BCUT2D eigenvalue weighted by molar-refractivity contribution is -0.117. The first-order valence-electron chi connectivity index (χ1n) is 9.65. The van der Waals surface area contributed by atoms with Gasteiger partial charge >= 0.3 is 6.03 Å². The zero-order valence-electron chi connectivity index (χ0n) is 14.7. The average Bonchev–Trinajstić information content (AvgIpc) is 3.24. The molecule has 1 aromatic heterocycles. The van der Waals surface area contributed by atoms with Crippen molar-refractivity contribution in [1.82, 2.24) is 20.8 Å². The average molecular weight is 376 g/mol. The number of aromatic nitrogens is 2. The number of carbonyl (C=O) groups is 2. The van der Waals surface area contributed by atoms with Crippen molar-refractivity contribution in [2.45, 2.75) is 68.0 Å². The minimum Gasteiger partial charge on any atom is -0.415 e. The van der Waals surface area contributed by atoms with Crippen molar-refractivity contribution in [3.63, 3.8) is 0 Å². The van der Waals surface area contributed by atoms with E-state index in [-0.39, 0.29) is 23.1 Å². The Morgan fingerprint density at radius 2 is 1.73 bits per heavy atom. The van der Waals surface area contributed by atoms with Crippen LogP contribution in [0, 0.1) is 17.8 Å². The summed E-state index contributed by atoms with van der Waals surface area (Å²) in [6.07, 6.45) is 9.62. The molecule has 5 aliphatic carbocycles. The Morgan fingerprint density at radius 3 is 2.35 bits per heavy atom. The highest BCUT2D eigenvalue weighted by atomic mass is 32.2. The summed E-state index contributed by atoms with van der Waals surface area (Å²) in [5, 5.41) is 14.0. The first-order chi connectivity index (χ1) is 12.6. The van der Waals surface area contributed by atoms with Gasteiger partial charge in [-0.15, -0.1) is 10.2 Å². The molecule has 0 saturated heterocycles. The lowest BCUT2D eigenvalue weighted by Gasteiger charge is -2.55. The van der Waals surface area contributed by atoms with Gasteiger partial charge in [0, 0.05) is 11.5 Å². The van der Waals surface area contributed by atoms with E-state index in [0.29, 0.717) is 5.22 Å². The number of nitrogens with zero attached hydrogens (tertiary/aromatic N) is 2. The van der Waals surface area contributed by atoms with E-state index >= 15 is 0 Å². The van der Waals surface area contributed by atoms with Crippen molar-refractivity contribution >= 4 is 23.7 Å². The van der Waals surface area contributed by atoms with Crippen LogP contribution in [0.3, 0.4) is 0 Å². The molecular weight excluding hydrogens is 352 g/mol. The molecule has 5 saturated carbocycles. The lowest BCUT2D eigenvalue weighted by atomic mass is 9.49. The van der Waals surface area contributed by atoms with Gasteiger partial charge in [0.25, 0.3) is 5.22 Å². The minimum absolute atomic E-state index is 0.0764. The van der Waals surface area contributed by atoms with Crippen LogP contribution in [-0.2, 0) is 10.2 Å². The molecule has 0 spiro atoms. The van der Waals surface area contributed by atoms with Gasteiger partial charge in [0.15, 0.2) is 0 Å². The van der Waals surface area contributed by atoms with Crippen molar-refractivity contribution < 1.29 is 14.0 Å². The molecule has 1 aromatic rings. The van der Waals surface area contributed by atoms with Crippen LogP contribution < -0.4 is 10.6 Å². The molecule has 5 aliphatic rings. The predicted octanol–water partition coefficient (Wildman–Crippen LogP) is 2.62. The molecule has 0 aliphatic heterocycles. The van der Waals surface area contributed by atoms with E-state index in [0.717, 1.165) is 36.5 Å². The standard InChI is InChI=1S/C18H24N4O3S/c23-14(20-16(24)19-13-1-2-13)9-26-17-22-21-15(25-17)18-6-10-3-11(7-18)5-12(4-10)8-18/h10-13H,1-9H2,(H2,19,20,23,24). The molecule has 6 rings (SSSR count). The summed E-state index contributed by atoms with van der Waals surface area (Å²) in [6.45, 7) is 0. The van der Waals surface area contributed by atoms with Crippen LogP contribution in [0.2, 0.25) is 0 Å².